The Balaban J connectivity index is 1.88. The molecule has 1 aliphatic rings. The molecule has 1 saturated heterocycles. The fourth-order valence-electron chi connectivity index (χ4n) is 2.60. The van der Waals surface area contributed by atoms with Crippen LogP contribution in [0, 0.1) is 17.2 Å². The standard InChI is InChI=1S/C17H22N2O4/c1-12(23-15-4-2-13(10-18)3-5-15)17(21)19-16(11-20)14-6-8-22-9-7-14/h2-5,12,14,16,20H,6-9,11H2,1H3,(H,19,21)/t12-,16+/m1/s1. The highest BCUT2D eigenvalue weighted by Crippen LogP contribution is 2.19. The minimum absolute atomic E-state index is 0.0972. The number of hydrogen-bond acceptors (Lipinski definition) is 5. The van der Waals surface area contributed by atoms with Crippen molar-refractivity contribution in [2.24, 2.45) is 5.92 Å². The predicted molar refractivity (Wildman–Crippen MR) is 83.8 cm³/mol. The van der Waals surface area contributed by atoms with E-state index in [1.807, 2.05) is 6.07 Å². The molecule has 1 aromatic rings. The van der Waals surface area contributed by atoms with Crippen LogP contribution in [-0.4, -0.2) is 43.0 Å². The average Bonchev–Trinajstić information content (AvgIpc) is 2.60. The van der Waals surface area contributed by atoms with E-state index in [0.717, 1.165) is 12.8 Å². The zero-order valence-corrected chi connectivity index (χ0v) is 13.2. The van der Waals surface area contributed by atoms with Gasteiger partial charge >= 0.3 is 0 Å². The molecular weight excluding hydrogens is 296 g/mol. The summed E-state index contributed by atoms with van der Waals surface area (Å²) in [5.74, 6) is 0.484. The summed E-state index contributed by atoms with van der Waals surface area (Å²) < 4.78 is 10.9. The van der Waals surface area contributed by atoms with Crippen molar-refractivity contribution in [3.05, 3.63) is 29.8 Å². The summed E-state index contributed by atoms with van der Waals surface area (Å²) >= 11 is 0. The van der Waals surface area contributed by atoms with Gasteiger partial charge in [-0.05, 0) is 49.9 Å². The molecule has 0 unspecified atom stereocenters. The van der Waals surface area contributed by atoms with E-state index >= 15 is 0 Å². The van der Waals surface area contributed by atoms with E-state index in [-0.39, 0.29) is 24.5 Å². The molecule has 0 bridgehead atoms. The zero-order chi connectivity index (χ0) is 16.7. The first-order chi connectivity index (χ1) is 11.1. The van der Waals surface area contributed by atoms with Crippen molar-refractivity contribution in [2.45, 2.75) is 31.9 Å². The van der Waals surface area contributed by atoms with Crippen LogP contribution in [0.25, 0.3) is 0 Å². The van der Waals surface area contributed by atoms with Gasteiger partial charge in [0.2, 0.25) is 0 Å². The van der Waals surface area contributed by atoms with Crippen molar-refractivity contribution >= 4 is 5.91 Å². The number of amides is 1. The maximum absolute atomic E-state index is 12.3. The lowest BCUT2D eigenvalue weighted by atomic mass is 9.92. The van der Waals surface area contributed by atoms with E-state index in [2.05, 4.69) is 5.32 Å². The van der Waals surface area contributed by atoms with Crippen molar-refractivity contribution in [2.75, 3.05) is 19.8 Å². The number of carbonyl (C=O) groups excluding carboxylic acids is 1. The molecule has 0 aliphatic carbocycles. The molecular formula is C17H22N2O4. The Morgan fingerprint density at radius 1 is 1.43 bits per heavy atom. The lowest BCUT2D eigenvalue weighted by molar-refractivity contribution is -0.129. The fraction of sp³-hybridized carbons (Fsp3) is 0.529. The van der Waals surface area contributed by atoms with Crippen LogP contribution < -0.4 is 10.1 Å². The third-order valence-electron chi connectivity index (χ3n) is 4.02. The molecule has 0 saturated carbocycles. The monoisotopic (exact) mass is 318 g/mol. The minimum Gasteiger partial charge on any atom is -0.481 e. The molecule has 1 heterocycles. The molecule has 124 valence electrons. The fourth-order valence-corrected chi connectivity index (χ4v) is 2.60. The Morgan fingerprint density at radius 3 is 2.65 bits per heavy atom. The molecule has 2 N–H and O–H groups in total. The third-order valence-corrected chi connectivity index (χ3v) is 4.02. The van der Waals surface area contributed by atoms with Crippen LogP contribution in [0.5, 0.6) is 5.75 Å². The highest BCUT2D eigenvalue weighted by Gasteiger charge is 2.27. The second-order valence-electron chi connectivity index (χ2n) is 5.64. The van der Waals surface area contributed by atoms with Gasteiger partial charge in [-0.25, -0.2) is 0 Å². The molecule has 0 spiro atoms. The van der Waals surface area contributed by atoms with Gasteiger partial charge in [-0.3, -0.25) is 4.79 Å². The van der Waals surface area contributed by atoms with Crippen LogP contribution in [0.2, 0.25) is 0 Å². The third kappa shape index (κ3) is 4.95. The summed E-state index contributed by atoms with van der Waals surface area (Å²) in [6.45, 7) is 2.88. The summed E-state index contributed by atoms with van der Waals surface area (Å²) in [6, 6.07) is 8.34. The van der Waals surface area contributed by atoms with Crippen molar-refractivity contribution in [3.8, 4) is 11.8 Å². The number of carbonyl (C=O) groups is 1. The van der Waals surface area contributed by atoms with Gasteiger partial charge in [0.05, 0.1) is 24.3 Å². The second kappa shape index (κ2) is 8.51. The molecule has 6 heteroatoms. The van der Waals surface area contributed by atoms with Gasteiger partial charge in [-0.2, -0.15) is 5.26 Å². The lowest BCUT2D eigenvalue weighted by Crippen LogP contribution is -2.48. The number of nitrogens with zero attached hydrogens (tertiary/aromatic N) is 1. The van der Waals surface area contributed by atoms with Crippen LogP contribution in [-0.2, 0) is 9.53 Å². The summed E-state index contributed by atoms with van der Waals surface area (Å²) in [6.07, 6.45) is 0.976. The summed E-state index contributed by atoms with van der Waals surface area (Å²) in [7, 11) is 0. The number of nitriles is 1. The number of aliphatic hydroxyl groups is 1. The van der Waals surface area contributed by atoms with E-state index in [1.54, 1.807) is 31.2 Å². The van der Waals surface area contributed by atoms with Crippen molar-refractivity contribution < 1.29 is 19.4 Å². The zero-order valence-electron chi connectivity index (χ0n) is 13.2. The Hall–Kier alpha value is -2.10. The number of rotatable bonds is 6. The van der Waals surface area contributed by atoms with E-state index in [1.165, 1.54) is 0 Å². The minimum atomic E-state index is -0.683. The number of benzene rings is 1. The van der Waals surface area contributed by atoms with Gasteiger partial charge in [0.15, 0.2) is 6.10 Å². The van der Waals surface area contributed by atoms with Gasteiger partial charge in [0, 0.05) is 13.2 Å². The Morgan fingerprint density at radius 2 is 2.09 bits per heavy atom. The Kier molecular flexibility index (Phi) is 6.39. The molecule has 6 nitrogen and oxygen atoms in total. The molecule has 1 aromatic carbocycles. The molecule has 23 heavy (non-hydrogen) atoms. The van der Waals surface area contributed by atoms with Crippen LogP contribution in [0.1, 0.15) is 25.3 Å². The second-order valence-corrected chi connectivity index (χ2v) is 5.64. The number of hydrogen-bond donors (Lipinski definition) is 2. The van der Waals surface area contributed by atoms with Crippen molar-refractivity contribution in [3.63, 3.8) is 0 Å². The summed E-state index contributed by atoms with van der Waals surface area (Å²) in [5.41, 5.74) is 0.536. The Bertz CT molecular complexity index is 547. The normalized spacial score (nSPS) is 17.8. The highest BCUT2D eigenvalue weighted by molar-refractivity contribution is 5.81. The van der Waals surface area contributed by atoms with Gasteiger partial charge in [-0.1, -0.05) is 0 Å². The average molecular weight is 318 g/mol. The summed E-state index contributed by atoms with van der Waals surface area (Å²) in [5, 5.41) is 21.1. The van der Waals surface area contributed by atoms with Crippen LogP contribution in [0.4, 0.5) is 0 Å². The molecule has 0 radical (unpaired) electrons. The SMILES string of the molecule is C[C@@H](Oc1ccc(C#N)cc1)C(=O)N[C@@H](CO)C1CCOCC1. The number of nitrogens with one attached hydrogen (secondary N) is 1. The molecule has 0 aromatic heterocycles. The topological polar surface area (TPSA) is 91.6 Å². The maximum atomic E-state index is 12.3. The predicted octanol–water partition coefficient (Wildman–Crippen LogP) is 1.23. The summed E-state index contributed by atoms with van der Waals surface area (Å²) in [4.78, 5) is 12.3. The van der Waals surface area contributed by atoms with E-state index in [4.69, 9.17) is 14.7 Å². The van der Waals surface area contributed by atoms with Crippen molar-refractivity contribution in [1.29, 1.82) is 5.26 Å². The highest BCUT2D eigenvalue weighted by atomic mass is 16.5. The van der Waals surface area contributed by atoms with Crippen molar-refractivity contribution in [1.82, 2.24) is 5.32 Å². The van der Waals surface area contributed by atoms with E-state index in [0.29, 0.717) is 24.5 Å². The number of ether oxygens (including phenoxy) is 2. The van der Waals surface area contributed by atoms with E-state index < -0.39 is 6.10 Å². The van der Waals surface area contributed by atoms with Gasteiger partial charge in [0.1, 0.15) is 5.75 Å². The first-order valence-corrected chi connectivity index (χ1v) is 7.80. The van der Waals surface area contributed by atoms with E-state index in [9.17, 15) is 9.90 Å². The van der Waals surface area contributed by atoms with Crippen LogP contribution in [0.3, 0.4) is 0 Å². The first-order valence-electron chi connectivity index (χ1n) is 7.80. The quantitative estimate of drug-likeness (QED) is 0.823. The maximum Gasteiger partial charge on any atom is 0.261 e. The molecule has 1 fully saturated rings. The molecule has 2 rings (SSSR count). The van der Waals surface area contributed by atoms with Gasteiger partial charge < -0.3 is 19.9 Å². The number of aliphatic hydroxyl groups excluding tert-OH is 1. The molecule has 1 amide bonds. The first kappa shape index (κ1) is 17.3. The molecule has 2 atom stereocenters. The van der Waals surface area contributed by atoms with Gasteiger partial charge in [-0.15, -0.1) is 0 Å². The van der Waals surface area contributed by atoms with Gasteiger partial charge in [0.25, 0.3) is 5.91 Å². The molecule has 1 aliphatic heterocycles. The smallest absolute Gasteiger partial charge is 0.261 e. The largest absolute Gasteiger partial charge is 0.481 e. The Labute approximate surface area is 136 Å². The van der Waals surface area contributed by atoms with Crippen LogP contribution in [0.15, 0.2) is 24.3 Å². The van der Waals surface area contributed by atoms with Crippen LogP contribution >= 0.6 is 0 Å². The lowest BCUT2D eigenvalue weighted by Gasteiger charge is -2.30.